The van der Waals surface area contributed by atoms with Crippen LogP contribution in [0.4, 0.5) is 5.69 Å². The Labute approximate surface area is 128 Å². The van der Waals surface area contributed by atoms with Crippen molar-refractivity contribution in [3.05, 3.63) is 5.69 Å². The largest absolute Gasteiger partial charge is 0.455 e. The molecule has 0 saturated heterocycles. The molecular formula is C13H28N3O3PSi. The maximum atomic E-state index is 13.0. The van der Waals surface area contributed by atoms with Gasteiger partial charge in [0.05, 0.1) is 29.9 Å². The Balaban J connectivity index is 3.46. The highest BCUT2D eigenvalue weighted by Crippen LogP contribution is 2.50. The van der Waals surface area contributed by atoms with Gasteiger partial charge in [0.1, 0.15) is 8.07 Å². The average Bonchev–Trinajstić information content (AvgIpc) is 2.69. The third-order valence-corrected chi connectivity index (χ3v) is 6.77. The fraction of sp³-hybridized carbons (Fsp3) is 0.769. The molecule has 1 rings (SSSR count). The molecule has 0 radical (unpaired) electrons. The minimum Gasteiger partial charge on any atom is -0.383 e. The first-order valence-electron chi connectivity index (χ1n) is 7.45. The first kappa shape index (κ1) is 18.4. The molecule has 0 atom stereocenters. The van der Waals surface area contributed by atoms with Gasteiger partial charge < -0.3 is 5.32 Å². The van der Waals surface area contributed by atoms with E-state index in [9.17, 15) is 4.57 Å². The molecule has 0 fully saturated rings. The van der Waals surface area contributed by atoms with Gasteiger partial charge in [-0.1, -0.05) is 19.6 Å². The molecule has 8 heteroatoms. The third kappa shape index (κ3) is 3.97. The predicted molar refractivity (Wildman–Crippen MR) is 90.4 cm³/mol. The van der Waals surface area contributed by atoms with Gasteiger partial charge in [0, 0.05) is 6.54 Å². The van der Waals surface area contributed by atoms with Crippen molar-refractivity contribution in [1.29, 1.82) is 0 Å². The summed E-state index contributed by atoms with van der Waals surface area (Å²) in [4.78, 5) is 0. The van der Waals surface area contributed by atoms with Crippen LogP contribution in [0.5, 0.6) is 0 Å². The molecule has 0 aliphatic carbocycles. The van der Waals surface area contributed by atoms with Gasteiger partial charge in [-0.15, -0.1) is 0 Å². The van der Waals surface area contributed by atoms with Crippen LogP contribution < -0.4 is 10.6 Å². The zero-order chi connectivity index (χ0) is 16.3. The van der Waals surface area contributed by atoms with Crippen LogP contribution in [0.3, 0.4) is 0 Å². The van der Waals surface area contributed by atoms with Gasteiger partial charge in [-0.05, 0) is 27.7 Å². The smallest absolute Gasteiger partial charge is 0.383 e. The summed E-state index contributed by atoms with van der Waals surface area (Å²) >= 11 is 0. The Morgan fingerprint density at radius 2 is 1.71 bits per heavy atom. The summed E-state index contributed by atoms with van der Waals surface area (Å²) in [5.41, 5.74) is 1.77. The number of hydrogen-bond acceptors (Lipinski definition) is 5. The maximum Gasteiger partial charge on any atom is 0.455 e. The summed E-state index contributed by atoms with van der Waals surface area (Å²) in [6.07, 6.45) is 0. The van der Waals surface area contributed by atoms with Crippen LogP contribution in [-0.2, 0) is 13.6 Å². The summed E-state index contributed by atoms with van der Waals surface area (Å²) in [5, 5.41) is 8.96. The van der Waals surface area contributed by atoms with E-state index in [-0.39, 0.29) is 0 Å². The molecule has 6 nitrogen and oxygen atoms in total. The normalized spacial score (nSPS) is 12.7. The van der Waals surface area contributed by atoms with E-state index in [4.69, 9.17) is 9.05 Å². The molecule has 122 valence electrons. The second-order valence-corrected chi connectivity index (χ2v) is 12.6. The van der Waals surface area contributed by atoms with Gasteiger partial charge in [-0.25, -0.2) is 4.57 Å². The highest BCUT2D eigenvalue weighted by molar-refractivity contribution is 7.52. The lowest BCUT2D eigenvalue weighted by Crippen LogP contribution is -2.40. The third-order valence-electron chi connectivity index (χ3n) is 2.97. The fourth-order valence-electron chi connectivity index (χ4n) is 2.12. The first-order valence-corrected chi connectivity index (χ1v) is 12.4. The Hall–Kier alpha value is -0.623. The zero-order valence-electron chi connectivity index (χ0n) is 14.2. The molecule has 0 amide bonds. The van der Waals surface area contributed by atoms with Crippen molar-refractivity contribution >= 4 is 26.8 Å². The van der Waals surface area contributed by atoms with E-state index in [0.717, 1.165) is 23.2 Å². The molecule has 0 aliphatic heterocycles. The van der Waals surface area contributed by atoms with E-state index in [1.807, 2.05) is 13.8 Å². The Morgan fingerprint density at radius 3 is 2.10 bits per heavy atom. The summed E-state index contributed by atoms with van der Waals surface area (Å²) in [6.45, 7) is 15.6. The van der Waals surface area contributed by atoms with Gasteiger partial charge in [-0.3, -0.25) is 9.05 Å². The molecule has 0 bridgehead atoms. The number of nitrogens with zero attached hydrogens (tertiary/aromatic N) is 2. The molecule has 21 heavy (non-hydrogen) atoms. The molecule has 0 spiro atoms. The number of aromatic nitrogens is 2. The van der Waals surface area contributed by atoms with Crippen LogP contribution in [0, 0.1) is 6.92 Å². The maximum absolute atomic E-state index is 13.0. The molecule has 1 aromatic heterocycles. The predicted octanol–water partition coefficient (Wildman–Crippen LogP) is 3.20. The number of nitrogens with one attached hydrogen (secondary N) is 1. The lowest BCUT2D eigenvalue weighted by Gasteiger charge is -2.18. The number of rotatable bonds is 8. The van der Waals surface area contributed by atoms with Crippen LogP contribution in [0.15, 0.2) is 0 Å². The zero-order valence-corrected chi connectivity index (χ0v) is 16.1. The van der Waals surface area contributed by atoms with Crippen LogP contribution in [0.25, 0.3) is 0 Å². The van der Waals surface area contributed by atoms with Crippen LogP contribution in [-0.4, -0.2) is 37.4 Å². The quantitative estimate of drug-likeness (QED) is 0.584. The van der Waals surface area contributed by atoms with Crippen molar-refractivity contribution < 1.29 is 13.6 Å². The highest BCUT2D eigenvalue weighted by Gasteiger charge is 2.35. The van der Waals surface area contributed by atoms with E-state index < -0.39 is 15.8 Å². The summed E-state index contributed by atoms with van der Waals surface area (Å²) in [7, 11) is -5.10. The molecule has 1 aromatic rings. The topological polar surface area (TPSA) is 65.4 Å². The second-order valence-electron chi connectivity index (χ2n) is 5.78. The van der Waals surface area contributed by atoms with Crippen LogP contribution in [0.2, 0.25) is 19.6 Å². The Morgan fingerprint density at radius 1 is 1.19 bits per heavy atom. The molecule has 0 saturated carbocycles. The second kappa shape index (κ2) is 7.09. The lowest BCUT2D eigenvalue weighted by molar-refractivity contribution is 0.209. The van der Waals surface area contributed by atoms with E-state index >= 15 is 0 Å². The minimum absolute atomic E-state index is 0.315. The number of anilines is 1. The summed E-state index contributed by atoms with van der Waals surface area (Å²) < 4.78 is 25.3. The van der Waals surface area contributed by atoms with E-state index in [0.29, 0.717) is 13.2 Å². The monoisotopic (exact) mass is 333 g/mol. The van der Waals surface area contributed by atoms with Crippen molar-refractivity contribution in [1.82, 2.24) is 9.55 Å². The Kier molecular flexibility index (Phi) is 6.22. The minimum atomic E-state index is -3.42. The van der Waals surface area contributed by atoms with Crippen molar-refractivity contribution in [2.24, 2.45) is 0 Å². The van der Waals surface area contributed by atoms with E-state index in [2.05, 4.69) is 30.1 Å². The lowest BCUT2D eigenvalue weighted by atomic mass is 10.4. The standard InChI is InChI=1S/C13H28N3O3PSi/c1-8-14-12-11(4)16(15-13(12)21(5,6)7)20(17,18-9-2)19-10-3/h14H,8-10H2,1-7H3. The van der Waals surface area contributed by atoms with Gasteiger partial charge in [0.15, 0.2) is 0 Å². The Bertz CT molecular complexity index is 515. The van der Waals surface area contributed by atoms with Crippen molar-refractivity contribution in [3.63, 3.8) is 0 Å². The fourth-order valence-corrected chi connectivity index (χ4v) is 5.23. The highest BCUT2D eigenvalue weighted by atomic mass is 31.2. The number of hydrogen-bond donors (Lipinski definition) is 1. The van der Waals surface area contributed by atoms with Gasteiger partial charge in [0.2, 0.25) is 0 Å². The van der Waals surface area contributed by atoms with E-state index in [1.165, 1.54) is 4.45 Å². The van der Waals surface area contributed by atoms with Crippen LogP contribution in [0.1, 0.15) is 26.5 Å². The SMILES string of the molecule is CCNc1c([Si](C)(C)C)nn(P(=O)(OCC)OCC)c1C. The first-order chi connectivity index (χ1) is 9.71. The molecule has 1 heterocycles. The molecular weight excluding hydrogens is 305 g/mol. The van der Waals surface area contributed by atoms with Crippen molar-refractivity contribution in [2.45, 2.75) is 47.3 Å². The van der Waals surface area contributed by atoms with Gasteiger partial charge >= 0.3 is 7.75 Å². The summed E-state index contributed by atoms with van der Waals surface area (Å²) in [6, 6.07) is 0. The molecule has 0 aliphatic rings. The molecule has 1 N–H and O–H groups in total. The molecule has 0 unspecified atom stereocenters. The summed E-state index contributed by atoms with van der Waals surface area (Å²) in [5.74, 6) is 0. The van der Waals surface area contributed by atoms with Gasteiger partial charge in [-0.2, -0.15) is 9.55 Å². The average molecular weight is 333 g/mol. The van der Waals surface area contributed by atoms with Crippen LogP contribution >= 0.6 is 7.75 Å². The van der Waals surface area contributed by atoms with Crippen molar-refractivity contribution in [2.75, 3.05) is 25.1 Å². The van der Waals surface area contributed by atoms with Crippen molar-refractivity contribution in [3.8, 4) is 0 Å². The molecule has 0 aromatic carbocycles. The van der Waals surface area contributed by atoms with E-state index in [1.54, 1.807) is 13.8 Å². The van der Waals surface area contributed by atoms with Gasteiger partial charge in [0.25, 0.3) is 0 Å².